The lowest BCUT2D eigenvalue weighted by Gasteiger charge is -2.06. The van der Waals surface area contributed by atoms with Crippen LogP contribution in [-0.4, -0.2) is 34.0 Å². The number of para-hydroxylation sites is 1. The highest BCUT2D eigenvalue weighted by molar-refractivity contribution is 7.20. The van der Waals surface area contributed by atoms with Crippen LogP contribution in [0.15, 0.2) is 29.1 Å². The van der Waals surface area contributed by atoms with Crippen LogP contribution in [-0.2, 0) is 6.42 Å². The number of rotatable bonds is 4. The fourth-order valence-electron chi connectivity index (χ4n) is 1.99. The first-order chi connectivity index (χ1) is 10.2. The number of anilines is 1. The summed E-state index contributed by atoms with van der Waals surface area (Å²) in [6.07, 6.45) is 0.352. The van der Waals surface area contributed by atoms with Crippen LogP contribution in [0.1, 0.15) is 11.3 Å². The molecular weight excluding hydrogens is 290 g/mol. The van der Waals surface area contributed by atoms with Gasteiger partial charge in [-0.2, -0.15) is 4.52 Å². The van der Waals surface area contributed by atoms with Crippen molar-refractivity contribution in [2.45, 2.75) is 6.42 Å². The zero-order valence-electron chi connectivity index (χ0n) is 11.5. The van der Waals surface area contributed by atoms with Crippen LogP contribution in [0.3, 0.4) is 0 Å². The van der Waals surface area contributed by atoms with E-state index in [2.05, 4.69) is 20.6 Å². The number of nitrogens with one attached hydrogen (secondary N) is 1. The zero-order valence-corrected chi connectivity index (χ0v) is 12.3. The van der Waals surface area contributed by atoms with E-state index in [1.807, 2.05) is 24.3 Å². The maximum absolute atomic E-state index is 12.4. The SMILES string of the molecule is CNc1nn2c(=O)c(Cc3ccccc3OC)nnc2s1. The van der Waals surface area contributed by atoms with Gasteiger partial charge in [-0.3, -0.25) is 4.79 Å². The summed E-state index contributed by atoms with van der Waals surface area (Å²) in [4.78, 5) is 12.9. The summed E-state index contributed by atoms with van der Waals surface area (Å²) < 4.78 is 6.56. The Labute approximate surface area is 124 Å². The summed E-state index contributed by atoms with van der Waals surface area (Å²) in [5, 5.41) is 15.7. The lowest BCUT2D eigenvalue weighted by molar-refractivity contribution is 0.410. The highest BCUT2D eigenvalue weighted by atomic mass is 32.1. The van der Waals surface area contributed by atoms with Crippen LogP contribution in [0, 0.1) is 0 Å². The smallest absolute Gasteiger partial charge is 0.297 e. The quantitative estimate of drug-likeness (QED) is 0.779. The van der Waals surface area contributed by atoms with Gasteiger partial charge >= 0.3 is 0 Å². The molecule has 21 heavy (non-hydrogen) atoms. The van der Waals surface area contributed by atoms with E-state index in [-0.39, 0.29) is 5.56 Å². The Morgan fingerprint density at radius 3 is 2.90 bits per heavy atom. The average Bonchev–Trinajstić information content (AvgIpc) is 2.95. The van der Waals surface area contributed by atoms with Gasteiger partial charge in [0.15, 0.2) is 0 Å². The summed E-state index contributed by atoms with van der Waals surface area (Å²) in [5.74, 6) is 0.720. The molecule has 0 unspecified atom stereocenters. The standard InChI is InChI=1S/C13H13N5O2S/c1-14-12-17-18-11(19)9(15-16-13(18)21-12)7-8-5-3-4-6-10(8)20-2/h3-6H,7H2,1-2H3,(H,14,17). The van der Waals surface area contributed by atoms with Gasteiger partial charge in [0.1, 0.15) is 11.4 Å². The third-order valence-electron chi connectivity index (χ3n) is 3.02. The van der Waals surface area contributed by atoms with E-state index in [1.165, 1.54) is 15.9 Å². The first-order valence-electron chi connectivity index (χ1n) is 6.28. The summed E-state index contributed by atoms with van der Waals surface area (Å²) >= 11 is 1.28. The second-order valence-electron chi connectivity index (χ2n) is 4.29. The van der Waals surface area contributed by atoms with Crippen LogP contribution in [0.5, 0.6) is 5.75 Å². The van der Waals surface area contributed by atoms with E-state index >= 15 is 0 Å². The number of ether oxygens (including phenoxy) is 1. The number of hydrogen-bond acceptors (Lipinski definition) is 7. The van der Waals surface area contributed by atoms with Gasteiger partial charge in [-0.05, 0) is 6.07 Å². The van der Waals surface area contributed by atoms with E-state index in [9.17, 15) is 4.79 Å². The third-order valence-corrected chi connectivity index (χ3v) is 3.94. The van der Waals surface area contributed by atoms with Crippen molar-refractivity contribution in [1.29, 1.82) is 0 Å². The Morgan fingerprint density at radius 1 is 1.33 bits per heavy atom. The van der Waals surface area contributed by atoms with Crippen molar-refractivity contribution in [3.63, 3.8) is 0 Å². The molecule has 108 valence electrons. The fraction of sp³-hybridized carbons (Fsp3) is 0.231. The molecule has 3 rings (SSSR count). The van der Waals surface area contributed by atoms with E-state index in [0.29, 0.717) is 22.2 Å². The Morgan fingerprint density at radius 2 is 2.14 bits per heavy atom. The van der Waals surface area contributed by atoms with Crippen LogP contribution in [0.25, 0.3) is 4.96 Å². The minimum Gasteiger partial charge on any atom is -0.496 e. The van der Waals surface area contributed by atoms with Gasteiger partial charge in [-0.25, -0.2) is 0 Å². The highest BCUT2D eigenvalue weighted by Gasteiger charge is 2.13. The molecule has 0 saturated heterocycles. The van der Waals surface area contributed by atoms with Crippen LogP contribution < -0.4 is 15.6 Å². The van der Waals surface area contributed by atoms with Crippen molar-refractivity contribution < 1.29 is 4.74 Å². The maximum Gasteiger partial charge on any atom is 0.297 e. The molecule has 0 aliphatic rings. The fourth-order valence-corrected chi connectivity index (χ4v) is 2.68. The second-order valence-corrected chi connectivity index (χ2v) is 5.25. The van der Waals surface area contributed by atoms with Crippen LogP contribution in [0.4, 0.5) is 5.13 Å². The molecule has 0 amide bonds. The van der Waals surface area contributed by atoms with Crippen molar-refractivity contribution in [3.8, 4) is 5.75 Å². The van der Waals surface area contributed by atoms with Crippen molar-refractivity contribution >= 4 is 21.4 Å². The molecule has 0 saturated carbocycles. The highest BCUT2D eigenvalue weighted by Crippen LogP contribution is 2.19. The number of fused-ring (bicyclic) bond motifs is 1. The molecule has 8 heteroatoms. The molecule has 0 fully saturated rings. The first-order valence-corrected chi connectivity index (χ1v) is 7.09. The van der Waals surface area contributed by atoms with Crippen LogP contribution >= 0.6 is 11.3 Å². The Kier molecular flexibility index (Phi) is 3.53. The largest absolute Gasteiger partial charge is 0.496 e. The van der Waals surface area contributed by atoms with E-state index < -0.39 is 0 Å². The lowest BCUT2D eigenvalue weighted by atomic mass is 10.1. The number of aromatic nitrogens is 4. The number of nitrogens with zero attached hydrogens (tertiary/aromatic N) is 4. The van der Waals surface area contributed by atoms with Gasteiger partial charge < -0.3 is 10.1 Å². The molecule has 1 N–H and O–H groups in total. The molecule has 2 heterocycles. The lowest BCUT2D eigenvalue weighted by Crippen LogP contribution is -2.22. The minimum absolute atomic E-state index is 0.261. The van der Waals surface area contributed by atoms with Crippen molar-refractivity contribution in [1.82, 2.24) is 19.8 Å². The summed E-state index contributed by atoms with van der Waals surface area (Å²) in [5.41, 5.74) is 0.962. The first kappa shape index (κ1) is 13.5. The van der Waals surface area contributed by atoms with Gasteiger partial charge in [0.25, 0.3) is 5.56 Å². The normalized spacial score (nSPS) is 10.8. The predicted molar refractivity (Wildman–Crippen MR) is 80.3 cm³/mol. The van der Waals surface area contributed by atoms with E-state index in [4.69, 9.17) is 4.74 Å². The maximum atomic E-state index is 12.4. The molecule has 0 aliphatic heterocycles. The van der Waals surface area contributed by atoms with Crippen molar-refractivity contribution in [2.75, 3.05) is 19.5 Å². The molecule has 3 aromatic rings. The second kappa shape index (κ2) is 5.49. The number of benzene rings is 1. The van der Waals surface area contributed by atoms with Gasteiger partial charge in [0, 0.05) is 19.0 Å². The molecule has 0 radical (unpaired) electrons. The summed E-state index contributed by atoms with van der Waals surface area (Å²) in [6.45, 7) is 0. The monoisotopic (exact) mass is 303 g/mol. The number of hydrogen-bond donors (Lipinski definition) is 1. The van der Waals surface area contributed by atoms with Crippen molar-refractivity contribution in [2.24, 2.45) is 0 Å². The topological polar surface area (TPSA) is 81.4 Å². The molecule has 0 spiro atoms. The molecule has 1 aromatic carbocycles. The zero-order chi connectivity index (χ0) is 14.8. The molecular formula is C13H13N5O2S. The Balaban J connectivity index is 2.05. The average molecular weight is 303 g/mol. The van der Waals surface area contributed by atoms with E-state index in [0.717, 1.165) is 11.3 Å². The van der Waals surface area contributed by atoms with Crippen LogP contribution in [0.2, 0.25) is 0 Å². The van der Waals surface area contributed by atoms with Gasteiger partial charge in [-0.1, -0.05) is 29.5 Å². The predicted octanol–water partition coefficient (Wildman–Crippen LogP) is 1.19. The molecule has 0 bridgehead atoms. The Bertz CT molecular complexity index is 842. The van der Waals surface area contributed by atoms with Gasteiger partial charge in [0.2, 0.25) is 10.1 Å². The minimum atomic E-state index is -0.261. The van der Waals surface area contributed by atoms with Gasteiger partial charge in [0.05, 0.1) is 7.11 Å². The third kappa shape index (κ3) is 2.45. The summed E-state index contributed by atoms with van der Waals surface area (Å²) in [7, 11) is 3.34. The molecule has 2 aromatic heterocycles. The van der Waals surface area contributed by atoms with Gasteiger partial charge in [-0.15, -0.1) is 15.3 Å². The molecule has 0 atom stereocenters. The van der Waals surface area contributed by atoms with Crippen molar-refractivity contribution in [3.05, 3.63) is 45.9 Å². The van der Waals surface area contributed by atoms with E-state index in [1.54, 1.807) is 14.2 Å². The molecule has 7 nitrogen and oxygen atoms in total. The number of methoxy groups -OCH3 is 1. The molecule has 0 aliphatic carbocycles. The Hall–Kier alpha value is -2.48. The summed E-state index contributed by atoms with van der Waals surface area (Å²) in [6, 6.07) is 7.52.